The van der Waals surface area contributed by atoms with Gasteiger partial charge in [-0.1, -0.05) is 31.2 Å². The van der Waals surface area contributed by atoms with E-state index < -0.39 is 58.5 Å². The summed E-state index contributed by atoms with van der Waals surface area (Å²) in [5, 5.41) is 43.0. The number of aromatic amines is 2. The lowest BCUT2D eigenvalue weighted by Crippen LogP contribution is -2.42. The number of nitrogens with two attached hydrogens (primary N) is 3. The molecule has 114 heavy (non-hydrogen) atoms. The van der Waals surface area contributed by atoms with E-state index in [1.165, 1.54) is 24.5 Å². The molecular weight excluding hydrogens is 1490 g/mol. The van der Waals surface area contributed by atoms with E-state index in [-0.39, 0.29) is 205 Å². The number of carbonyl (C=O) groups excluding carboxylic acids is 9. The molecule has 2 aromatic carbocycles. The number of carbonyl (C=O) groups is 11. The van der Waals surface area contributed by atoms with Crippen molar-refractivity contribution in [3.63, 3.8) is 0 Å². The van der Waals surface area contributed by atoms with E-state index in [1.807, 2.05) is 11.8 Å². The van der Waals surface area contributed by atoms with Crippen molar-refractivity contribution in [2.45, 2.75) is 142 Å². The number of aliphatic carboxylic acids is 2. The summed E-state index contributed by atoms with van der Waals surface area (Å²) in [6.45, 7) is 7.27. The van der Waals surface area contributed by atoms with Crippen LogP contribution in [0.1, 0.15) is 148 Å². The fourth-order valence-electron chi connectivity index (χ4n) is 10.9. The number of hydrogen-bond acceptors (Lipinski definition) is 29. The van der Waals surface area contributed by atoms with Crippen molar-refractivity contribution >= 4 is 111 Å². The van der Waals surface area contributed by atoms with E-state index >= 15 is 0 Å². The average Bonchev–Trinajstić information content (AvgIpc) is 0.817. The van der Waals surface area contributed by atoms with Gasteiger partial charge in [-0.3, -0.25) is 67.5 Å². The van der Waals surface area contributed by atoms with Crippen molar-refractivity contribution in [2.75, 3.05) is 115 Å². The maximum Gasteiger partial charge on any atom is 0.326 e. The standard InChI is InChI=1S/C74H103N21O19/c1-3-54(42-75)114-63(103)24-9-46(2)93-94-62(102)8-4-7-57(97)78-27-5-35-111-37-39-113-40-38-112-36-6-32-95(33-25-60(100)81-30-28-79-58(98)22-17-50(71(107)108)41-56(96)48-13-10-47(11-14-48)12-18-52-43-84-64-66(86-52)89-73(76)91-69(64)105)34-26-61(101)82-31-29-80-59(99)23-21-55(72(109)110)88-68(104)49-15-19-51(20-16-49)83-44-53-45-85-65-67(87-53)90-74(77)92-70(65)106/h10-11,13-16,19-20,43,45,50,54-55,83H,3-9,12,17-18,21-42,44,75H2,1-2H3,(H,78,97)(H,79,98)(H,80,99)(H,81,100)(H,82,101)(H,88,104)(H,94,102)(H,107,108)(H,109,110)(H3,76,86,89,91,105)(H3,77,87,90,92,106)/b93-46-. The van der Waals surface area contributed by atoms with E-state index in [4.69, 9.17) is 36.1 Å². The van der Waals surface area contributed by atoms with Crippen molar-refractivity contribution < 1.29 is 81.9 Å². The number of nitrogens with one attached hydrogen (secondary N) is 10. The van der Waals surface area contributed by atoms with E-state index in [0.717, 1.165) is 5.56 Å². The van der Waals surface area contributed by atoms with Gasteiger partial charge in [-0.25, -0.2) is 30.2 Å². The lowest BCUT2D eigenvalue weighted by atomic mass is 9.93. The van der Waals surface area contributed by atoms with Crippen LogP contribution < -0.4 is 71.0 Å². The van der Waals surface area contributed by atoms with Gasteiger partial charge in [0.25, 0.3) is 17.0 Å². The Labute approximate surface area is 655 Å². The van der Waals surface area contributed by atoms with Crippen LogP contribution in [-0.4, -0.2) is 236 Å². The molecule has 0 saturated carbocycles. The van der Waals surface area contributed by atoms with Crippen LogP contribution in [0.2, 0.25) is 0 Å². The van der Waals surface area contributed by atoms with E-state index in [1.54, 1.807) is 43.3 Å². The van der Waals surface area contributed by atoms with Crippen LogP contribution in [0.15, 0.2) is 75.6 Å². The van der Waals surface area contributed by atoms with Crippen LogP contribution in [-0.2, 0) is 81.5 Å². The molecule has 6 aromatic rings. The first-order valence-corrected chi connectivity index (χ1v) is 37.6. The van der Waals surface area contributed by atoms with Crippen molar-refractivity contribution in [3.05, 3.63) is 110 Å². The number of nitrogens with zero attached hydrogens (tertiary/aromatic N) is 8. The first kappa shape index (κ1) is 91.0. The molecule has 4 heterocycles. The molecule has 40 heteroatoms. The molecule has 40 nitrogen and oxygen atoms in total. The predicted octanol–water partition coefficient (Wildman–Crippen LogP) is 0.235. The summed E-state index contributed by atoms with van der Waals surface area (Å²) in [5.41, 5.74) is 22.0. The van der Waals surface area contributed by atoms with Gasteiger partial charge < -0.3 is 88.5 Å². The Hall–Kier alpha value is -11.9. The molecule has 0 aliphatic heterocycles. The third kappa shape index (κ3) is 35.2. The minimum Gasteiger partial charge on any atom is -0.481 e. The third-order valence-corrected chi connectivity index (χ3v) is 17.3. The first-order chi connectivity index (χ1) is 54.8. The quantitative estimate of drug-likeness (QED) is 0.00799. The number of H-pyrrole nitrogens is 2. The minimum atomic E-state index is -1.41. The van der Waals surface area contributed by atoms with Gasteiger partial charge in [-0.2, -0.15) is 15.1 Å². The number of anilines is 3. The largest absolute Gasteiger partial charge is 0.481 e. The topological polar surface area (TPSA) is 598 Å². The highest BCUT2D eigenvalue weighted by molar-refractivity contribution is 5.98. The van der Waals surface area contributed by atoms with Gasteiger partial charge in [0, 0.05) is 146 Å². The highest BCUT2D eigenvalue weighted by Crippen LogP contribution is 2.19. The number of ketones is 1. The lowest BCUT2D eigenvalue weighted by Gasteiger charge is -2.22. The first-order valence-electron chi connectivity index (χ1n) is 37.6. The zero-order valence-electron chi connectivity index (χ0n) is 64.0. The second-order valence-electron chi connectivity index (χ2n) is 26.3. The zero-order chi connectivity index (χ0) is 82.6. The van der Waals surface area contributed by atoms with Crippen LogP contribution in [0.4, 0.5) is 17.6 Å². The lowest BCUT2D eigenvalue weighted by molar-refractivity contribution is -0.148. The monoisotopic (exact) mass is 1590 g/mol. The molecule has 618 valence electrons. The smallest absolute Gasteiger partial charge is 0.326 e. The van der Waals surface area contributed by atoms with Gasteiger partial charge in [0.05, 0.1) is 62.9 Å². The highest BCUT2D eigenvalue weighted by atomic mass is 16.5. The van der Waals surface area contributed by atoms with Crippen LogP contribution in [0, 0.1) is 5.92 Å². The number of hydrazone groups is 1. The van der Waals surface area contributed by atoms with Crippen molar-refractivity contribution in [1.82, 2.24) is 82.1 Å². The number of ether oxygens (including phenoxy) is 4. The zero-order valence-corrected chi connectivity index (χ0v) is 64.0. The fourth-order valence-corrected chi connectivity index (χ4v) is 10.9. The van der Waals surface area contributed by atoms with Gasteiger partial charge in [-0.15, -0.1) is 0 Å². The molecule has 3 unspecified atom stereocenters. The number of benzene rings is 2. The molecular formula is C74H103N21O19. The van der Waals surface area contributed by atoms with E-state index in [0.29, 0.717) is 113 Å². The number of nitrogen functional groups attached to an aromatic ring is 2. The van der Waals surface area contributed by atoms with Crippen LogP contribution in [0.5, 0.6) is 0 Å². The average molecular weight is 1590 g/mol. The molecule has 0 aliphatic carbocycles. The second kappa shape index (κ2) is 50.2. The van der Waals surface area contributed by atoms with Gasteiger partial charge in [0.1, 0.15) is 12.1 Å². The molecule has 6 rings (SSSR count). The Bertz CT molecular complexity index is 4110. The van der Waals surface area contributed by atoms with Crippen LogP contribution in [0.3, 0.4) is 0 Å². The SMILES string of the molecule is CCC(CN)OC(=O)CC/C(C)=N\NC(=O)CCCC(=O)NCCCOCCOCCOCCCN(CCC(=O)NCCNC(=O)CCC(CC(=O)c1ccc(CCc2cnc3c(=O)[nH]c(N)nc3n2)cc1)C(=O)O)CCC(=O)NCCNC(=O)CCC(NC(=O)c1ccc(NCc2cnc3c(=O)[nH]c(N)nc3n2)cc1)C(=O)O. The maximum atomic E-state index is 13.2. The molecule has 0 fully saturated rings. The number of carboxylic acid groups (broad SMARTS) is 2. The van der Waals surface area contributed by atoms with Crippen LogP contribution >= 0.6 is 0 Å². The summed E-state index contributed by atoms with van der Waals surface area (Å²) in [7, 11) is 0. The van der Waals surface area contributed by atoms with Gasteiger partial charge >= 0.3 is 17.9 Å². The number of amides is 7. The van der Waals surface area contributed by atoms with Gasteiger partial charge in [0.15, 0.2) is 28.1 Å². The summed E-state index contributed by atoms with van der Waals surface area (Å²) >= 11 is 0. The summed E-state index contributed by atoms with van der Waals surface area (Å²) in [5.74, 6) is -7.66. The van der Waals surface area contributed by atoms with E-state index in [9.17, 15) is 72.5 Å². The molecule has 0 saturated heterocycles. The number of Topliss-reactive ketones (excluding diaryl/α,β-unsaturated/α-hetero) is 1. The number of aromatic nitrogens is 8. The number of rotatable bonds is 56. The van der Waals surface area contributed by atoms with Gasteiger partial charge in [-0.05, 0) is 94.5 Å². The highest BCUT2D eigenvalue weighted by Gasteiger charge is 2.25. The summed E-state index contributed by atoms with van der Waals surface area (Å²) < 4.78 is 22.3. The second-order valence-corrected chi connectivity index (χ2v) is 26.3. The molecule has 18 N–H and O–H groups in total. The Morgan fingerprint density at radius 1 is 0.553 bits per heavy atom. The fraction of sp³-hybridized carbons (Fsp3) is 0.514. The summed E-state index contributed by atoms with van der Waals surface area (Å²) in [4.78, 5) is 195. The normalized spacial score (nSPS) is 12.1. The number of aryl methyl sites for hydroxylation is 2. The Morgan fingerprint density at radius 3 is 1.64 bits per heavy atom. The van der Waals surface area contributed by atoms with E-state index in [2.05, 4.69) is 87.6 Å². The predicted molar refractivity (Wildman–Crippen MR) is 416 cm³/mol. The van der Waals surface area contributed by atoms with Gasteiger partial charge in [0.2, 0.25) is 47.3 Å². The Balaban J connectivity index is 0.851. The molecule has 0 spiro atoms. The summed E-state index contributed by atoms with van der Waals surface area (Å²) in [6, 6.07) is 11.4. The number of hydrogen-bond donors (Lipinski definition) is 15. The Kier molecular flexibility index (Phi) is 40.1. The molecule has 0 bridgehead atoms. The maximum absolute atomic E-state index is 13.2. The third-order valence-electron chi connectivity index (χ3n) is 17.3. The van der Waals surface area contributed by atoms with Crippen molar-refractivity contribution in [1.29, 1.82) is 0 Å². The van der Waals surface area contributed by atoms with Crippen molar-refractivity contribution in [3.8, 4) is 0 Å². The molecule has 0 aliphatic rings. The molecule has 4 aromatic heterocycles. The number of carboxylic acids is 2. The molecule has 0 radical (unpaired) electrons. The number of fused-ring (bicyclic) bond motifs is 2. The minimum absolute atomic E-state index is 0.0111. The van der Waals surface area contributed by atoms with Crippen LogP contribution in [0.25, 0.3) is 22.3 Å². The Morgan fingerprint density at radius 2 is 1.07 bits per heavy atom. The molecule has 3 atom stereocenters. The molecule has 7 amide bonds. The number of esters is 1. The van der Waals surface area contributed by atoms with Crippen molar-refractivity contribution in [2.24, 2.45) is 16.8 Å². The summed E-state index contributed by atoms with van der Waals surface area (Å²) in [6.07, 6.45) is 5.07.